The molecule has 0 aliphatic carbocycles. The van der Waals surface area contributed by atoms with E-state index in [4.69, 9.17) is 4.74 Å². The summed E-state index contributed by atoms with van der Waals surface area (Å²) in [4.78, 5) is 18.9. The molecule has 2 aromatic carbocycles. The Labute approximate surface area is 151 Å². The zero-order valence-corrected chi connectivity index (χ0v) is 14.2. The summed E-state index contributed by atoms with van der Waals surface area (Å²) in [5, 5.41) is 9.65. The number of aromatic amines is 1. The van der Waals surface area contributed by atoms with Gasteiger partial charge in [-0.1, -0.05) is 23.9 Å². The molecule has 0 spiro atoms. The second-order valence-electron chi connectivity index (χ2n) is 5.11. The number of benzene rings is 2. The Morgan fingerprint density at radius 1 is 1.19 bits per heavy atom. The molecule has 8 heteroatoms. The molecule has 3 rings (SSSR count). The van der Waals surface area contributed by atoms with E-state index in [2.05, 4.69) is 9.97 Å². The van der Waals surface area contributed by atoms with E-state index >= 15 is 0 Å². The van der Waals surface area contributed by atoms with E-state index in [1.54, 1.807) is 30.5 Å². The minimum Gasteiger partial charge on any atom is -0.456 e. The van der Waals surface area contributed by atoms with E-state index < -0.39 is 17.2 Å². The van der Waals surface area contributed by atoms with Gasteiger partial charge in [0, 0.05) is 23.8 Å². The molecule has 0 saturated carbocycles. The fourth-order valence-corrected chi connectivity index (χ4v) is 2.69. The molecule has 5 nitrogen and oxygen atoms in total. The summed E-state index contributed by atoms with van der Waals surface area (Å²) in [7, 11) is 0. The van der Waals surface area contributed by atoms with E-state index in [1.807, 2.05) is 6.07 Å². The van der Waals surface area contributed by atoms with Crippen LogP contribution in [0.15, 0.2) is 52.4 Å². The van der Waals surface area contributed by atoms with E-state index in [0.29, 0.717) is 10.7 Å². The number of hydrogen-bond donors (Lipinski definition) is 1. The van der Waals surface area contributed by atoms with Crippen LogP contribution >= 0.6 is 11.8 Å². The lowest BCUT2D eigenvalue weighted by molar-refractivity contribution is 0.469. The van der Waals surface area contributed by atoms with Crippen molar-refractivity contribution in [1.82, 2.24) is 9.97 Å². The molecule has 0 bridgehead atoms. The highest BCUT2D eigenvalue weighted by Gasteiger charge is 2.17. The zero-order chi connectivity index (χ0) is 18.7. The number of para-hydroxylation sites is 1. The lowest BCUT2D eigenvalue weighted by Crippen LogP contribution is -2.14. The summed E-state index contributed by atoms with van der Waals surface area (Å²) >= 11 is 1.21. The molecule has 0 amide bonds. The van der Waals surface area contributed by atoms with Crippen molar-refractivity contribution in [2.24, 2.45) is 0 Å². The lowest BCUT2D eigenvalue weighted by Gasteiger charge is -2.12. The maximum atomic E-state index is 13.4. The number of ether oxygens (including phenoxy) is 1. The number of nitrogens with one attached hydrogen (secondary N) is 1. The number of hydrogen-bond acceptors (Lipinski definition) is 5. The Hall–Kier alpha value is -3.18. The molecule has 3 aromatic rings. The minimum absolute atomic E-state index is 0.0524. The molecular formula is C18H11F2N3O2S. The highest BCUT2D eigenvalue weighted by Crippen LogP contribution is 2.34. The summed E-state index contributed by atoms with van der Waals surface area (Å²) in [6.07, 6.45) is 1.73. The number of H-pyrrole nitrogens is 1. The van der Waals surface area contributed by atoms with Gasteiger partial charge in [-0.2, -0.15) is 5.26 Å². The Balaban J connectivity index is 2.15. The zero-order valence-electron chi connectivity index (χ0n) is 13.4. The van der Waals surface area contributed by atoms with E-state index in [-0.39, 0.29) is 22.8 Å². The first-order valence-corrected chi connectivity index (χ1v) is 8.56. The van der Waals surface area contributed by atoms with E-state index in [0.717, 1.165) is 18.2 Å². The Morgan fingerprint density at radius 3 is 2.54 bits per heavy atom. The van der Waals surface area contributed by atoms with Crippen molar-refractivity contribution < 1.29 is 13.5 Å². The summed E-state index contributed by atoms with van der Waals surface area (Å²) in [5.74, 6) is -1.41. The van der Waals surface area contributed by atoms with E-state index in [9.17, 15) is 18.8 Å². The summed E-state index contributed by atoms with van der Waals surface area (Å²) in [5.41, 5.74) is -0.263. The molecule has 0 saturated heterocycles. The number of nitrogens with zero attached hydrogens (tertiary/aromatic N) is 2. The van der Waals surface area contributed by atoms with Crippen molar-refractivity contribution in [3.8, 4) is 28.8 Å². The molecule has 1 aromatic heterocycles. The van der Waals surface area contributed by atoms with Gasteiger partial charge in [-0.25, -0.2) is 13.8 Å². The highest BCUT2D eigenvalue weighted by atomic mass is 32.2. The van der Waals surface area contributed by atoms with Crippen LogP contribution in [0.2, 0.25) is 0 Å². The number of aromatic nitrogens is 2. The van der Waals surface area contributed by atoms with Gasteiger partial charge in [0.2, 0.25) is 0 Å². The molecule has 130 valence electrons. The molecule has 0 unspecified atom stereocenters. The highest BCUT2D eigenvalue weighted by molar-refractivity contribution is 7.98. The van der Waals surface area contributed by atoms with Gasteiger partial charge in [-0.05, 0) is 18.4 Å². The number of halogens is 2. The SMILES string of the molecule is CSc1nc(-c2ccccc2Oc2cc(F)cc(F)c2)c(C#N)c(=O)[nH]1. The molecule has 1 N–H and O–H groups in total. The average molecular weight is 371 g/mol. The molecule has 0 fully saturated rings. The summed E-state index contributed by atoms with van der Waals surface area (Å²) in [6.45, 7) is 0. The number of thioether (sulfide) groups is 1. The van der Waals surface area contributed by atoms with Crippen LogP contribution < -0.4 is 10.3 Å². The van der Waals surface area contributed by atoms with Crippen LogP contribution in [0.1, 0.15) is 5.56 Å². The monoisotopic (exact) mass is 371 g/mol. The predicted molar refractivity (Wildman–Crippen MR) is 93.2 cm³/mol. The molecular weight excluding hydrogens is 360 g/mol. The van der Waals surface area contributed by atoms with Crippen molar-refractivity contribution >= 4 is 11.8 Å². The van der Waals surface area contributed by atoms with Crippen LogP contribution in [0.5, 0.6) is 11.5 Å². The van der Waals surface area contributed by atoms with Gasteiger partial charge in [0.25, 0.3) is 5.56 Å². The van der Waals surface area contributed by atoms with Crippen LogP contribution in [0.3, 0.4) is 0 Å². The Bertz CT molecular complexity index is 1060. The standard InChI is InChI=1S/C18H11F2N3O2S/c1-26-18-22-16(14(9-21)17(24)23-18)13-4-2-3-5-15(13)25-12-7-10(19)6-11(20)8-12/h2-8H,1H3,(H,22,23,24). The van der Waals surface area contributed by atoms with Crippen LogP contribution in [0.25, 0.3) is 11.3 Å². The third-order valence-electron chi connectivity index (χ3n) is 3.41. The van der Waals surface area contributed by atoms with Crippen molar-refractivity contribution in [2.45, 2.75) is 5.16 Å². The molecule has 0 aliphatic heterocycles. The van der Waals surface area contributed by atoms with Gasteiger partial charge in [0.15, 0.2) is 5.16 Å². The topological polar surface area (TPSA) is 78.8 Å². The van der Waals surface area contributed by atoms with Gasteiger partial charge in [-0.15, -0.1) is 0 Å². The lowest BCUT2D eigenvalue weighted by atomic mass is 10.1. The Kier molecular flexibility index (Phi) is 5.00. The summed E-state index contributed by atoms with van der Waals surface area (Å²) < 4.78 is 32.4. The normalized spacial score (nSPS) is 10.4. The van der Waals surface area contributed by atoms with Crippen molar-refractivity contribution in [2.75, 3.05) is 6.26 Å². The largest absolute Gasteiger partial charge is 0.456 e. The van der Waals surface area contributed by atoms with Crippen LogP contribution in [0.4, 0.5) is 8.78 Å². The Morgan fingerprint density at radius 2 is 1.88 bits per heavy atom. The third-order valence-corrected chi connectivity index (χ3v) is 3.99. The van der Waals surface area contributed by atoms with Crippen LogP contribution in [-0.2, 0) is 0 Å². The summed E-state index contributed by atoms with van der Waals surface area (Å²) in [6, 6.07) is 11.1. The first-order valence-electron chi connectivity index (χ1n) is 7.33. The van der Waals surface area contributed by atoms with Crippen molar-refractivity contribution in [3.63, 3.8) is 0 Å². The van der Waals surface area contributed by atoms with Gasteiger partial charge >= 0.3 is 0 Å². The molecule has 1 heterocycles. The van der Waals surface area contributed by atoms with Crippen molar-refractivity contribution in [3.05, 3.63) is 70.0 Å². The van der Waals surface area contributed by atoms with E-state index in [1.165, 1.54) is 11.8 Å². The fraction of sp³-hybridized carbons (Fsp3) is 0.0556. The number of nitriles is 1. The minimum atomic E-state index is -0.783. The van der Waals surface area contributed by atoms with Gasteiger partial charge < -0.3 is 9.72 Å². The second-order valence-corrected chi connectivity index (χ2v) is 5.91. The molecule has 0 atom stereocenters. The van der Waals surface area contributed by atoms with Gasteiger partial charge in [0.05, 0.1) is 0 Å². The predicted octanol–water partition coefficient (Wildman–Crippen LogP) is 4.10. The molecule has 0 aliphatic rings. The second kappa shape index (κ2) is 7.37. The maximum absolute atomic E-state index is 13.4. The van der Waals surface area contributed by atoms with Crippen molar-refractivity contribution in [1.29, 1.82) is 5.26 Å². The van der Waals surface area contributed by atoms with Gasteiger partial charge in [-0.3, -0.25) is 4.79 Å². The van der Waals surface area contributed by atoms with Crippen LogP contribution in [0, 0.1) is 23.0 Å². The average Bonchev–Trinajstić information content (AvgIpc) is 2.60. The third kappa shape index (κ3) is 3.58. The first-order chi connectivity index (χ1) is 12.5. The smallest absolute Gasteiger partial charge is 0.270 e. The first kappa shape index (κ1) is 17.6. The fourth-order valence-electron chi connectivity index (χ4n) is 2.31. The quantitative estimate of drug-likeness (QED) is 0.552. The number of rotatable bonds is 4. The molecule has 26 heavy (non-hydrogen) atoms. The van der Waals surface area contributed by atoms with Gasteiger partial charge in [0.1, 0.15) is 40.5 Å². The molecule has 0 radical (unpaired) electrons. The van der Waals surface area contributed by atoms with Crippen LogP contribution in [-0.4, -0.2) is 16.2 Å². The maximum Gasteiger partial charge on any atom is 0.270 e.